The fourth-order valence-corrected chi connectivity index (χ4v) is 3.29. The highest BCUT2D eigenvalue weighted by Gasteiger charge is 2.17. The van der Waals surface area contributed by atoms with Gasteiger partial charge in [0, 0.05) is 23.7 Å². The molecule has 0 aliphatic rings. The summed E-state index contributed by atoms with van der Waals surface area (Å²) < 4.78 is 0. The van der Waals surface area contributed by atoms with Gasteiger partial charge in [-0.1, -0.05) is 80.4 Å². The van der Waals surface area contributed by atoms with E-state index in [9.17, 15) is 0 Å². The number of unbranched alkanes of at least 4 members (excludes halogenated alkanes) is 2. The van der Waals surface area contributed by atoms with Crippen molar-refractivity contribution >= 4 is 5.82 Å². The maximum absolute atomic E-state index is 5.08. The van der Waals surface area contributed by atoms with Crippen LogP contribution in [-0.4, -0.2) is 22.6 Å². The lowest BCUT2D eigenvalue weighted by atomic mass is 10.0. The highest BCUT2D eigenvalue weighted by molar-refractivity contribution is 5.78. The molecule has 1 aromatic heterocycles. The Bertz CT molecular complexity index is 829. The molecule has 2 aromatic carbocycles. The Kier molecular flexibility index (Phi) is 6.59. The van der Waals surface area contributed by atoms with Crippen molar-refractivity contribution in [2.24, 2.45) is 0 Å². The van der Waals surface area contributed by atoms with E-state index < -0.39 is 0 Å². The molecule has 0 aliphatic carbocycles. The highest BCUT2D eigenvalue weighted by atomic mass is 15.2. The van der Waals surface area contributed by atoms with E-state index >= 15 is 0 Å². The van der Waals surface area contributed by atoms with Gasteiger partial charge in [-0.2, -0.15) is 0 Å². The Morgan fingerprint density at radius 2 is 1.41 bits per heavy atom. The van der Waals surface area contributed by atoms with Crippen LogP contribution in [0.5, 0.6) is 0 Å². The molecule has 0 amide bonds. The summed E-state index contributed by atoms with van der Waals surface area (Å²) in [5.41, 5.74) is 4.07. The average Bonchev–Trinajstić information content (AvgIpc) is 2.72. The quantitative estimate of drug-likeness (QED) is 0.447. The van der Waals surface area contributed by atoms with E-state index in [0.717, 1.165) is 34.9 Å². The van der Waals surface area contributed by atoms with Crippen LogP contribution < -0.4 is 4.90 Å². The van der Waals surface area contributed by atoms with Crippen LogP contribution in [0.1, 0.15) is 40.0 Å². The molecule has 27 heavy (non-hydrogen) atoms. The van der Waals surface area contributed by atoms with Crippen LogP contribution in [0.2, 0.25) is 0 Å². The van der Waals surface area contributed by atoms with Gasteiger partial charge in [0.1, 0.15) is 5.82 Å². The molecule has 0 spiro atoms. The van der Waals surface area contributed by atoms with Gasteiger partial charge >= 0.3 is 0 Å². The van der Waals surface area contributed by atoms with Gasteiger partial charge in [0.05, 0.1) is 17.6 Å². The van der Waals surface area contributed by atoms with E-state index in [1.807, 2.05) is 30.5 Å². The Morgan fingerprint density at radius 3 is 1.96 bits per heavy atom. The standard InChI is InChI=1S/C24H29N3/c1-4-5-12-17-27(19(2)3)22-18-25-23(20-13-8-6-9-14-20)24(26-22)21-15-10-7-11-16-21/h6-11,13-16,18-19H,4-5,12,17H2,1-3H3. The lowest BCUT2D eigenvalue weighted by molar-refractivity contribution is 0.619. The van der Waals surface area contributed by atoms with Gasteiger partial charge in [-0.3, -0.25) is 4.98 Å². The third-order valence-corrected chi connectivity index (χ3v) is 4.77. The SMILES string of the molecule is CCCCCN(c1cnc(-c2ccccc2)c(-c2ccccc2)n1)C(C)C. The first-order valence-electron chi connectivity index (χ1n) is 9.95. The molecule has 3 heteroatoms. The molecule has 0 aliphatic heterocycles. The van der Waals surface area contributed by atoms with Crippen molar-refractivity contribution in [2.45, 2.75) is 46.1 Å². The van der Waals surface area contributed by atoms with Crippen molar-refractivity contribution < 1.29 is 0 Å². The van der Waals surface area contributed by atoms with Crippen LogP contribution in [0.15, 0.2) is 66.9 Å². The third kappa shape index (κ3) is 4.73. The summed E-state index contributed by atoms with van der Waals surface area (Å²) in [5.74, 6) is 0.958. The second kappa shape index (κ2) is 9.31. The number of aromatic nitrogens is 2. The number of nitrogens with zero attached hydrogens (tertiary/aromatic N) is 3. The van der Waals surface area contributed by atoms with Gasteiger partial charge in [0.25, 0.3) is 0 Å². The van der Waals surface area contributed by atoms with Crippen molar-refractivity contribution in [3.05, 3.63) is 66.9 Å². The summed E-state index contributed by atoms with van der Waals surface area (Å²) in [6, 6.07) is 21.1. The molecule has 0 saturated heterocycles. The number of rotatable bonds is 8. The molecule has 3 nitrogen and oxygen atoms in total. The van der Waals surface area contributed by atoms with E-state index in [1.54, 1.807) is 0 Å². The van der Waals surface area contributed by atoms with Crippen molar-refractivity contribution in [3.63, 3.8) is 0 Å². The van der Waals surface area contributed by atoms with Crippen LogP contribution >= 0.6 is 0 Å². The summed E-state index contributed by atoms with van der Waals surface area (Å²) in [5, 5.41) is 0. The molecule has 0 fully saturated rings. The molecule has 1 heterocycles. The minimum Gasteiger partial charge on any atom is -0.353 e. The van der Waals surface area contributed by atoms with Crippen LogP contribution in [0.4, 0.5) is 5.82 Å². The van der Waals surface area contributed by atoms with Gasteiger partial charge in [0.15, 0.2) is 0 Å². The zero-order valence-corrected chi connectivity index (χ0v) is 16.6. The van der Waals surface area contributed by atoms with Crippen LogP contribution in [-0.2, 0) is 0 Å². The predicted molar refractivity (Wildman–Crippen MR) is 115 cm³/mol. The molecule has 140 valence electrons. The first-order chi connectivity index (χ1) is 13.2. The molecule has 3 aromatic rings. The minimum absolute atomic E-state index is 0.391. The lowest BCUT2D eigenvalue weighted by Gasteiger charge is -2.28. The van der Waals surface area contributed by atoms with Crippen molar-refractivity contribution in [3.8, 4) is 22.5 Å². The number of hydrogen-bond donors (Lipinski definition) is 0. The molecule has 0 atom stereocenters. The lowest BCUT2D eigenvalue weighted by Crippen LogP contribution is -2.32. The minimum atomic E-state index is 0.391. The van der Waals surface area contributed by atoms with Crippen molar-refractivity contribution in [2.75, 3.05) is 11.4 Å². The van der Waals surface area contributed by atoms with Crippen LogP contribution in [0.25, 0.3) is 22.5 Å². The number of benzene rings is 2. The predicted octanol–water partition coefficient (Wildman–Crippen LogP) is 6.22. The average molecular weight is 360 g/mol. The second-order valence-corrected chi connectivity index (χ2v) is 7.15. The summed E-state index contributed by atoms with van der Waals surface area (Å²) in [6.07, 6.45) is 5.57. The topological polar surface area (TPSA) is 29.0 Å². The fourth-order valence-electron chi connectivity index (χ4n) is 3.29. The molecule has 0 N–H and O–H groups in total. The second-order valence-electron chi connectivity index (χ2n) is 7.15. The maximum atomic E-state index is 5.08. The fraction of sp³-hybridized carbons (Fsp3) is 0.333. The summed E-state index contributed by atoms with van der Waals surface area (Å²) in [4.78, 5) is 12.3. The highest BCUT2D eigenvalue weighted by Crippen LogP contribution is 2.30. The normalized spacial score (nSPS) is 11.0. The molecule has 0 radical (unpaired) electrons. The van der Waals surface area contributed by atoms with Gasteiger partial charge < -0.3 is 4.90 Å². The Labute approximate surface area is 163 Å². The Morgan fingerprint density at radius 1 is 0.815 bits per heavy atom. The number of anilines is 1. The third-order valence-electron chi connectivity index (χ3n) is 4.77. The first-order valence-corrected chi connectivity index (χ1v) is 9.95. The Balaban J connectivity index is 2.05. The monoisotopic (exact) mass is 359 g/mol. The van der Waals surface area contributed by atoms with E-state index in [2.05, 4.69) is 62.1 Å². The van der Waals surface area contributed by atoms with Crippen LogP contribution in [0.3, 0.4) is 0 Å². The summed E-state index contributed by atoms with van der Waals surface area (Å²) in [7, 11) is 0. The van der Waals surface area contributed by atoms with E-state index in [4.69, 9.17) is 9.97 Å². The molecule has 0 saturated carbocycles. The zero-order valence-electron chi connectivity index (χ0n) is 16.6. The van der Waals surface area contributed by atoms with Gasteiger partial charge in [-0.25, -0.2) is 4.98 Å². The van der Waals surface area contributed by atoms with E-state index in [-0.39, 0.29) is 0 Å². The largest absolute Gasteiger partial charge is 0.353 e. The van der Waals surface area contributed by atoms with Gasteiger partial charge in [-0.15, -0.1) is 0 Å². The smallest absolute Gasteiger partial charge is 0.148 e. The zero-order chi connectivity index (χ0) is 19.1. The van der Waals surface area contributed by atoms with Crippen molar-refractivity contribution in [1.82, 2.24) is 9.97 Å². The van der Waals surface area contributed by atoms with Crippen molar-refractivity contribution in [1.29, 1.82) is 0 Å². The molecule has 0 bridgehead atoms. The first kappa shape index (κ1) is 19.1. The van der Waals surface area contributed by atoms with Gasteiger partial charge in [-0.05, 0) is 20.3 Å². The summed E-state index contributed by atoms with van der Waals surface area (Å²) in [6.45, 7) is 7.70. The molecule has 0 unspecified atom stereocenters. The molecular formula is C24H29N3. The van der Waals surface area contributed by atoms with E-state index in [0.29, 0.717) is 6.04 Å². The van der Waals surface area contributed by atoms with Crippen LogP contribution in [0, 0.1) is 0 Å². The molecule has 3 rings (SSSR count). The van der Waals surface area contributed by atoms with E-state index in [1.165, 1.54) is 19.3 Å². The Hall–Kier alpha value is -2.68. The maximum Gasteiger partial charge on any atom is 0.148 e. The molecular weight excluding hydrogens is 330 g/mol. The van der Waals surface area contributed by atoms with Gasteiger partial charge in [0.2, 0.25) is 0 Å². The summed E-state index contributed by atoms with van der Waals surface area (Å²) >= 11 is 0. The number of hydrogen-bond acceptors (Lipinski definition) is 3.